The second kappa shape index (κ2) is 47.4. The van der Waals surface area contributed by atoms with E-state index in [1.165, 1.54) is 193 Å². The van der Waals surface area contributed by atoms with E-state index >= 15 is 0 Å². The van der Waals surface area contributed by atoms with Gasteiger partial charge in [0, 0.05) is 12.8 Å². The number of nitrogens with zero attached hydrogens (tertiary/aromatic N) is 1. The number of hydrogen-bond donors (Lipinski definition) is 2. The Bertz CT molecular complexity index is 1150. The third-order valence-corrected chi connectivity index (χ3v) is 14.0. The zero-order chi connectivity index (χ0) is 48.7. The molecule has 0 aliphatic heterocycles. The van der Waals surface area contributed by atoms with Crippen LogP contribution in [-0.2, 0) is 27.9 Å². The molecular formula is C56H112N2O7P+. The third-order valence-electron chi connectivity index (χ3n) is 13.0. The van der Waals surface area contributed by atoms with E-state index in [0.717, 1.165) is 57.8 Å². The van der Waals surface area contributed by atoms with E-state index in [9.17, 15) is 19.0 Å². The monoisotopic (exact) mass is 956 g/mol. The largest absolute Gasteiger partial charge is 0.472 e. The molecule has 0 heterocycles. The number of unbranched alkanes of at least 4 members (excludes halogenated alkanes) is 36. The van der Waals surface area contributed by atoms with Crippen LogP contribution in [0.4, 0.5) is 0 Å². The Morgan fingerprint density at radius 2 is 0.864 bits per heavy atom. The van der Waals surface area contributed by atoms with Crippen molar-refractivity contribution in [1.82, 2.24) is 5.32 Å². The number of nitrogens with one attached hydrogen (secondary N) is 1. The van der Waals surface area contributed by atoms with Crippen molar-refractivity contribution in [3.63, 3.8) is 0 Å². The molecule has 0 aromatic rings. The Morgan fingerprint density at radius 3 is 1.24 bits per heavy atom. The molecule has 0 rings (SSSR count). The van der Waals surface area contributed by atoms with Crippen LogP contribution in [0.25, 0.3) is 0 Å². The van der Waals surface area contributed by atoms with Gasteiger partial charge in [-0.3, -0.25) is 18.6 Å². The highest BCUT2D eigenvalue weighted by Gasteiger charge is 2.30. The average Bonchev–Trinajstić information content (AvgIpc) is 3.27. The van der Waals surface area contributed by atoms with Gasteiger partial charge < -0.3 is 19.4 Å². The van der Waals surface area contributed by atoms with Crippen LogP contribution in [0, 0.1) is 0 Å². The van der Waals surface area contributed by atoms with Crippen LogP contribution in [-0.4, -0.2) is 74.3 Å². The van der Waals surface area contributed by atoms with Crippen molar-refractivity contribution < 1.29 is 37.3 Å². The number of hydrogen-bond acceptors (Lipinski definition) is 6. The summed E-state index contributed by atoms with van der Waals surface area (Å²) in [5.74, 6) is -0.489. The van der Waals surface area contributed by atoms with Crippen molar-refractivity contribution >= 4 is 19.7 Å². The summed E-state index contributed by atoms with van der Waals surface area (Å²) in [6.07, 6.45) is 51.9. The second-order valence-electron chi connectivity index (χ2n) is 20.8. The van der Waals surface area contributed by atoms with E-state index in [1.54, 1.807) is 0 Å². The lowest BCUT2D eigenvalue weighted by Crippen LogP contribution is -2.47. The molecule has 0 aliphatic rings. The molecule has 3 atom stereocenters. The Kier molecular flexibility index (Phi) is 46.5. The van der Waals surface area contributed by atoms with Gasteiger partial charge in [-0.25, -0.2) is 4.57 Å². The molecule has 0 spiro atoms. The van der Waals surface area contributed by atoms with E-state index in [4.69, 9.17) is 13.8 Å². The maximum Gasteiger partial charge on any atom is 0.472 e. The summed E-state index contributed by atoms with van der Waals surface area (Å²) < 4.78 is 30.6. The number of rotatable bonds is 52. The first kappa shape index (κ1) is 64.8. The normalized spacial score (nSPS) is 13.9. The second-order valence-corrected chi connectivity index (χ2v) is 22.3. The van der Waals surface area contributed by atoms with Gasteiger partial charge in [-0.05, 0) is 31.8 Å². The lowest BCUT2D eigenvalue weighted by Gasteiger charge is -2.27. The highest BCUT2D eigenvalue weighted by Crippen LogP contribution is 2.43. The van der Waals surface area contributed by atoms with Crippen molar-refractivity contribution in [2.24, 2.45) is 0 Å². The molecule has 0 aromatic heterocycles. The highest BCUT2D eigenvalue weighted by molar-refractivity contribution is 7.47. The van der Waals surface area contributed by atoms with Gasteiger partial charge in [0.2, 0.25) is 5.91 Å². The van der Waals surface area contributed by atoms with E-state index in [-0.39, 0.29) is 25.1 Å². The van der Waals surface area contributed by atoms with Crippen LogP contribution in [0.15, 0.2) is 12.2 Å². The third kappa shape index (κ3) is 47.8. The van der Waals surface area contributed by atoms with Gasteiger partial charge in [-0.1, -0.05) is 252 Å². The summed E-state index contributed by atoms with van der Waals surface area (Å²) in [4.78, 5) is 37.5. The fraction of sp³-hybridized carbons (Fsp3) is 0.929. The van der Waals surface area contributed by atoms with E-state index in [0.29, 0.717) is 23.9 Å². The number of amides is 1. The number of phosphoric acid groups is 1. The maximum absolute atomic E-state index is 13.5. The van der Waals surface area contributed by atoms with Crippen molar-refractivity contribution in [2.75, 3.05) is 40.9 Å². The molecular weight excluding hydrogens is 844 g/mol. The number of likely N-dealkylation sites (N-methyl/N-ethyl adjacent to an activating group) is 1. The molecule has 10 heteroatoms. The zero-order valence-electron chi connectivity index (χ0n) is 44.7. The molecule has 0 fully saturated rings. The number of carbonyl (C=O) groups is 2. The van der Waals surface area contributed by atoms with Crippen LogP contribution in [0.3, 0.4) is 0 Å². The lowest BCUT2D eigenvalue weighted by atomic mass is 10.0. The zero-order valence-corrected chi connectivity index (χ0v) is 45.6. The van der Waals surface area contributed by atoms with Crippen molar-refractivity contribution in [1.29, 1.82) is 0 Å². The van der Waals surface area contributed by atoms with Crippen molar-refractivity contribution in [2.45, 2.75) is 296 Å². The van der Waals surface area contributed by atoms with E-state index < -0.39 is 20.0 Å². The number of allylic oxidation sites excluding steroid dienone is 1. The molecule has 0 saturated carbocycles. The Balaban J connectivity index is 5.32. The van der Waals surface area contributed by atoms with Crippen LogP contribution in [0.5, 0.6) is 0 Å². The van der Waals surface area contributed by atoms with Crippen LogP contribution in [0.1, 0.15) is 284 Å². The van der Waals surface area contributed by atoms with Crippen LogP contribution in [0.2, 0.25) is 0 Å². The first-order chi connectivity index (χ1) is 31.9. The number of phosphoric ester groups is 1. The fourth-order valence-electron chi connectivity index (χ4n) is 8.53. The van der Waals surface area contributed by atoms with E-state index in [1.807, 2.05) is 33.3 Å². The Morgan fingerprint density at radius 1 is 0.515 bits per heavy atom. The summed E-state index contributed by atoms with van der Waals surface area (Å²) in [6, 6.07) is -0.837. The minimum absolute atomic E-state index is 0.0454. The predicted molar refractivity (Wildman–Crippen MR) is 282 cm³/mol. The summed E-state index contributed by atoms with van der Waals surface area (Å²) in [5, 5.41) is 3.05. The molecule has 392 valence electrons. The first-order valence-electron chi connectivity index (χ1n) is 28.5. The predicted octanol–water partition coefficient (Wildman–Crippen LogP) is 16.8. The molecule has 3 unspecified atom stereocenters. The van der Waals surface area contributed by atoms with Crippen LogP contribution >= 0.6 is 7.82 Å². The molecule has 0 saturated heterocycles. The quantitative estimate of drug-likeness (QED) is 0.0205. The fourth-order valence-corrected chi connectivity index (χ4v) is 9.27. The van der Waals surface area contributed by atoms with Gasteiger partial charge in [0.15, 0.2) is 0 Å². The van der Waals surface area contributed by atoms with Gasteiger partial charge in [0.25, 0.3) is 0 Å². The topological polar surface area (TPSA) is 111 Å². The molecule has 9 nitrogen and oxygen atoms in total. The Hall–Kier alpha value is -1.25. The van der Waals surface area contributed by atoms with Gasteiger partial charge in [0.1, 0.15) is 19.3 Å². The molecule has 0 radical (unpaired) electrons. The Labute approximate surface area is 410 Å². The molecule has 1 amide bonds. The number of quaternary nitrogens is 1. The molecule has 66 heavy (non-hydrogen) atoms. The smallest absolute Gasteiger partial charge is 0.456 e. The minimum atomic E-state index is -4.43. The summed E-state index contributed by atoms with van der Waals surface area (Å²) >= 11 is 0. The lowest BCUT2D eigenvalue weighted by molar-refractivity contribution is -0.870. The molecule has 0 aliphatic carbocycles. The first-order valence-corrected chi connectivity index (χ1v) is 30.0. The number of carbonyl (C=O) groups excluding carboxylic acids is 2. The maximum atomic E-state index is 13.5. The summed E-state index contributed by atoms with van der Waals surface area (Å²) in [7, 11) is 1.51. The molecule has 0 aromatic carbocycles. The molecule has 0 bridgehead atoms. The van der Waals surface area contributed by atoms with Gasteiger partial charge in [-0.2, -0.15) is 0 Å². The highest BCUT2D eigenvalue weighted by atomic mass is 31.2. The van der Waals surface area contributed by atoms with Gasteiger partial charge in [-0.15, -0.1) is 0 Å². The number of ether oxygens (including phenoxy) is 1. The number of esters is 1. The minimum Gasteiger partial charge on any atom is -0.456 e. The average molecular weight is 956 g/mol. The standard InChI is InChI=1S/C56H111N2O7P/c1-7-10-13-16-19-22-25-28-29-31-34-37-40-43-46-49-56(60)65-54(47-44-41-38-35-32-27-24-21-18-15-12-9-3)53(52-64-66(61,62)63-51-50-58(4,5)6)57-55(59)48-45-42-39-36-33-30-26-23-20-17-14-11-8-2/h44,47,53-54H,7-43,45-46,48-52H2,1-6H3,(H-,57,59,61,62)/p+1/b47-44+. The van der Waals surface area contributed by atoms with Gasteiger partial charge in [0.05, 0.1) is 33.8 Å². The van der Waals surface area contributed by atoms with Crippen LogP contribution < -0.4 is 5.32 Å². The van der Waals surface area contributed by atoms with E-state index in [2.05, 4.69) is 26.1 Å². The SMILES string of the molecule is CCCCCCCCCCCC/C=C/C(OC(=O)CCCCCCCCCCCCCCCCC)C(COP(=O)(O)OCC[N+](C)(C)C)NC(=O)CCCCCCCCCCCCCCC. The van der Waals surface area contributed by atoms with Gasteiger partial charge >= 0.3 is 13.8 Å². The summed E-state index contributed by atoms with van der Waals surface area (Å²) in [6.45, 7) is 7.04. The molecule has 2 N–H and O–H groups in total. The summed E-state index contributed by atoms with van der Waals surface area (Å²) in [5.41, 5.74) is 0. The van der Waals surface area contributed by atoms with Crippen molar-refractivity contribution in [3.8, 4) is 0 Å². The van der Waals surface area contributed by atoms with Crippen molar-refractivity contribution in [3.05, 3.63) is 12.2 Å².